The van der Waals surface area contributed by atoms with Gasteiger partial charge >= 0.3 is 6.18 Å². The van der Waals surface area contributed by atoms with Gasteiger partial charge in [-0.15, -0.1) is 0 Å². The van der Waals surface area contributed by atoms with Crippen molar-refractivity contribution in [3.63, 3.8) is 0 Å². The van der Waals surface area contributed by atoms with Crippen LogP contribution in [0.1, 0.15) is 24.0 Å². The molecule has 0 spiro atoms. The molecule has 4 rings (SSSR count). The SMILES string of the molecule is O=C(N1CCN(c2ncc(C(F)(F)F)cc2Cl)CC1)C1(c2ccc(F)cc2)CCOCC1. The van der Waals surface area contributed by atoms with Crippen LogP contribution in [0.3, 0.4) is 0 Å². The van der Waals surface area contributed by atoms with Gasteiger partial charge in [-0.25, -0.2) is 9.37 Å². The van der Waals surface area contributed by atoms with E-state index in [2.05, 4.69) is 4.98 Å². The van der Waals surface area contributed by atoms with Gasteiger partial charge < -0.3 is 14.5 Å². The van der Waals surface area contributed by atoms with Gasteiger partial charge in [0.15, 0.2) is 0 Å². The molecule has 0 radical (unpaired) electrons. The van der Waals surface area contributed by atoms with Gasteiger partial charge in [0, 0.05) is 45.6 Å². The molecule has 172 valence electrons. The summed E-state index contributed by atoms with van der Waals surface area (Å²) >= 11 is 6.08. The maximum absolute atomic E-state index is 13.6. The predicted octanol–water partition coefficient (Wildman–Crippen LogP) is 4.29. The van der Waals surface area contributed by atoms with E-state index in [-0.39, 0.29) is 22.6 Å². The van der Waals surface area contributed by atoms with Crippen molar-refractivity contribution in [3.05, 3.63) is 58.5 Å². The van der Waals surface area contributed by atoms with Crippen LogP contribution in [0.25, 0.3) is 0 Å². The Bertz CT molecular complexity index is 970. The van der Waals surface area contributed by atoms with Crippen molar-refractivity contribution < 1.29 is 27.1 Å². The number of aromatic nitrogens is 1. The Labute approximate surface area is 187 Å². The van der Waals surface area contributed by atoms with Crippen molar-refractivity contribution in [1.82, 2.24) is 9.88 Å². The third kappa shape index (κ3) is 4.41. The molecule has 2 aliphatic heterocycles. The molecule has 0 N–H and O–H groups in total. The van der Waals surface area contributed by atoms with E-state index in [0.29, 0.717) is 52.2 Å². The number of carbonyl (C=O) groups excluding carboxylic acids is 1. The lowest BCUT2D eigenvalue weighted by atomic mass is 9.73. The number of nitrogens with zero attached hydrogens (tertiary/aromatic N) is 3. The highest BCUT2D eigenvalue weighted by molar-refractivity contribution is 6.33. The molecule has 2 aliphatic rings. The van der Waals surface area contributed by atoms with Gasteiger partial charge in [-0.3, -0.25) is 4.79 Å². The summed E-state index contributed by atoms with van der Waals surface area (Å²) in [5.74, 6) is -0.137. The van der Waals surface area contributed by atoms with Gasteiger partial charge in [0.25, 0.3) is 0 Å². The molecule has 2 aromatic rings. The van der Waals surface area contributed by atoms with Gasteiger partial charge in [0.1, 0.15) is 11.6 Å². The number of benzene rings is 1. The minimum Gasteiger partial charge on any atom is -0.381 e. The zero-order valence-corrected chi connectivity index (χ0v) is 17.9. The number of amides is 1. The lowest BCUT2D eigenvalue weighted by Gasteiger charge is -2.43. The number of halogens is 5. The van der Waals surface area contributed by atoms with E-state index in [1.807, 2.05) is 0 Å². The molecule has 10 heteroatoms. The zero-order chi connectivity index (χ0) is 22.9. The fourth-order valence-corrected chi connectivity index (χ4v) is 4.64. The molecule has 2 saturated heterocycles. The molecule has 5 nitrogen and oxygen atoms in total. The van der Waals surface area contributed by atoms with Crippen molar-refractivity contribution in [2.75, 3.05) is 44.3 Å². The normalized spacial score (nSPS) is 19.2. The van der Waals surface area contributed by atoms with Crippen LogP contribution in [-0.2, 0) is 21.1 Å². The van der Waals surface area contributed by atoms with Crippen LogP contribution in [0, 0.1) is 5.82 Å². The third-order valence-corrected chi connectivity index (χ3v) is 6.45. The summed E-state index contributed by atoms with van der Waals surface area (Å²) in [6.07, 6.45) is -2.74. The van der Waals surface area contributed by atoms with E-state index >= 15 is 0 Å². The summed E-state index contributed by atoms with van der Waals surface area (Å²) in [5.41, 5.74) is -0.916. The van der Waals surface area contributed by atoms with E-state index in [1.165, 1.54) is 12.1 Å². The van der Waals surface area contributed by atoms with Gasteiger partial charge in [0.2, 0.25) is 5.91 Å². The average Bonchev–Trinajstić information content (AvgIpc) is 2.79. The molecule has 2 fully saturated rings. The third-order valence-electron chi connectivity index (χ3n) is 6.17. The van der Waals surface area contributed by atoms with Crippen molar-refractivity contribution in [2.24, 2.45) is 0 Å². The Hall–Kier alpha value is -2.39. The van der Waals surface area contributed by atoms with Gasteiger partial charge in [-0.2, -0.15) is 13.2 Å². The number of pyridine rings is 1. The summed E-state index contributed by atoms with van der Waals surface area (Å²) in [5, 5.41) is -0.0770. The van der Waals surface area contributed by atoms with Crippen LogP contribution < -0.4 is 4.90 Å². The van der Waals surface area contributed by atoms with E-state index in [1.54, 1.807) is 21.9 Å². The van der Waals surface area contributed by atoms with Crippen LogP contribution in [0.15, 0.2) is 36.5 Å². The molecule has 0 atom stereocenters. The number of rotatable bonds is 3. The Morgan fingerprint density at radius 3 is 2.25 bits per heavy atom. The van der Waals surface area contributed by atoms with Gasteiger partial charge in [0.05, 0.1) is 16.0 Å². The van der Waals surface area contributed by atoms with Crippen molar-refractivity contribution in [3.8, 4) is 0 Å². The zero-order valence-electron chi connectivity index (χ0n) is 17.2. The van der Waals surface area contributed by atoms with Crippen LogP contribution >= 0.6 is 11.6 Å². The van der Waals surface area contributed by atoms with Gasteiger partial charge in [-0.05, 0) is 36.6 Å². The first kappa shape index (κ1) is 22.8. The first-order valence-electron chi connectivity index (χ1n) is 10.3. The Balaban J connectivity index is 1.49. The summed E-state index contributed by atoms with van der Waals surface area (Å²) in [7, 11) is 0. The number of hydrogen-bond donors (Lipinski definition) is 0. The number of hydrogen-bond acceptors (Lipinski definition) is 4. The number of ether oxygens (including phenoxy) is 1. The topological polar surface area (TPSA) is 45.7 Å². The lowest BCUT2D eigenvalue weighted by molar-refractivity contribution is -0.141. The van der Waals surface area contributed by atoms with Crippen molar-refractivity contribution in [2.45, 2.75) is 24.4 Å². The average molecular weight is 472 g/mol. The molecule has 0 unspecified atom stereocenters. The summed E-state index contributed by atoms with van der Waals surface area (Å²) in [6, 6.07) is 6.89. The van der Waals surface area contributed by atoms with Crippen LogP contribution in [-0.4, -0.2) is 55.2 Å². The van der Waals surface area contributed by atoms with Gasteiger partial charge in [-0.1, -0.05) is 23.7 Å². The number of anilines is 1. The highest BCUT2D eigenvalue weighted by Gasteiger charge is 2.44. The molecule has 3 heterocycles. The Morgan fingerprint density at radius 1 is 1.06 bits per heavy atom. The second kappa shape index (κ2) is 8.86. The highest BCUT2D eigenvalue weighted by Crippen LogP contribution is 2.38. The van der Waals surface area contributed by atoms with Crippen LogP contribution in [0.5, 0.6) is 0 Å². The minimum absolute atomic E-state index is 0.0430. The highest BCUT2D eigenvalue weighted by atomic mass is 35.5. The maximum atomic E-state index is 13.6. The summed E-state index contributed by atoms with van der Waals surface area (Å²) < 4.78 is 57.5. The molecule has 0 bridgehead atoms. The Kier molecular flexibility index (Phi) is 6.31. The molecule has 1 amide bonds. The minimum atomic E-state index is -4.52. The molecular weight excluding hydrogens is 450 g/mol. The lowest BCUT2D eigenvalue weighted by Crippen LogP contribution is -2.56. The van der Waals surface area contributed by atoms with E-state index in [9.17, 15) is 22.4 Å². The predicted molar refractivity (Wildman–Crippen MR) is 111 cm³/mol. The van der Waals surface area contributed by atoms with Crippen LogP contribution in [0.2, 0.25) is 5.02 Å². The summed E-state index contributed by atoms with van der Waals surface area (Å²) in [6.45, 7) is 2.41. The fraction of sp³-hybridized carbons (Fsp3) is 0.455. The van der Waals surface area contributed by atoms with E-state index in [4.69, 9.17) is 16.3 Å². The molecule has 1 aromatic heterocycles. The first-order chi connectivity index (χ1) is 15.2. The summed E-state index contributed by atoms with van der Waals surface area (Å²) in [4.78, 5) is 21.1. The number of piperazine rings is 1. The largest absolute Gasteiger partial charge is 0.417 e. The molecule has 0 saturated carbocycles. The second-order valence-corrected chi connectivity index (χ2v) is 8.42. The molecular formula is C22H22ClF4N3O2. The standard InChI is InChI=1S/C22H22ClF4N3O2/c23-18-13-16(22(25,26)27)14-28-19(18)29-7-9-30(10-8-29)20(31)21(5-11-32-12-6-21)15-1-3-17(24)4-2-15/h1-4,13-14H,5-12H2. The van der Waals surface area contributed by atoms with Crippen molar-refractivity contribution in [1.29, 1.82) is 0 Å². The van der Waals surface area contributed by atoms with Crippen molar-refractivity contribution >= 4 is 23.3 Å². The quantitative estimate of drug-likeness (QED) is 0.627. The Morgan fingerprint density at radius 2 is 1.69 bits per heavy atom. The maximum Gasteiger partial charge on any atom is 0.417 e. The van der Waals surface area contributed by atoms with E-state index < -0.39 is 17.2 Å². The van der Waals surface area contributed by atoms with E-state index in [0.717, 1.165) is 17.8 Å². The molecule has 0 aliphatic carbocycles. The molecule has 1 aromatic carbocycles. The smallest absolute Gasteiger partial charge is 0.381 e. The monoisotopic (exact) mass is 471 g/mol. The molecule has 32 heavy (non-hydrogen) atoms. The fourth-order valence-electron chi connectivity index (χ4n) is 4.36. The first-order valence-corrected chi connectivity index (χ1v) is 10.7. The second-order valence-electron chi connectivity index (χ2n) is 8.01. The number of alkyl halides is 3. The number of carbonyl (C=O) groups is 1. The van der Waals surface area contributed by atoms with Crippen LogP contribution in [0.4, 0.5) is 23.4 Å².